The van der Waals surface area contributed by atoms with Crippen molar-refractivity contribution in [1.29, 1.82) is 0 Å². The summed E-state index contributed by atoms with van der Waals surface area (Å²) in [5, 5.41) is 2.95. The van der Waals surface area contributed by atoms with Crippen LogP contribution in [0.3, 0.4) is 0 Å². The number of rotatable bonds is 6. The van der Waals surface area contributed by atoms with Crippen molar-refractivity contribution in [3.63, 3.8) is 0 Å². The molecular formula is C18H29N3O. The first-order chi connectivity index (χ1) is 10.5. The number of hydrogen-bond donors (Lipinski definition) is 1. The molecule has 1 heterocycles. The number of nitrogens with zero attached hydrogens (tertiary/aromatic N) is 2. The molecule has 0 radical (unpaired) electrons. The van der Waals surface area contributed by atoms with Crippen molar-refractivity contribution in [2.24, 2.45) is 5.92 Å². The van der Waals surface area contributed by atoms with Crippen LogP contribution in [0.15, 0.2) is 24.3 Å². The molecule has 0 bridgehead atoms. The van der Waals surface area contributed by atoms with Crippen LogP contribution in [-0.4, -0.2) is 56.0 Å². The molecule has 1 aliphatic heterocycles. The van der Waals surface area contributed by atoms with E-state index in [1.807, 2.05) is 26.2 Å². The van der Waals surface area contributed by atoms with Gasteiger partial charge in [-0.2, -0.15) is 0 Å². The number of nitrogens with one attached hydrogen (secondary N) is 1. The summed E-state index contributed by atoms with van der Waals surface area (Å²) in [6.45, 7) is 7.24. The molecule has 1 amide bonds. The standard InChI is InChI=1S/C18H29N3O/c1-15-5-4-11-21(13-15)14-16-6-8-17(9-7-16)18(22)19-10-12-20(2)3/h6-9,15H,4-5,10-14H2,1-3H3,(H,19,22)/t15-/m0/s1. The van der Waals surface area contributed by atoms with Gasteiger partial charge in [0.15, 0.2) is 0 Å². The van der Waals surface area contributed by atoms with E-state index in [0.717, 1.165) is 24.6 Å². The third-order valence-corrected chi connectivity index (χ3v) is 4.21. The molecule has 0 saturated carbocycles. The Balaban J connectivity index is 1.83. The Bertz CT molecular complexity index is 470. The van der Waals surface area contributed by atoms with E-state index in [1.165, 1.54) is 31.5 Å². The van der Waals surface area contributed by atoms with Gasteiger partial charge in [-0.15, -0.1) is 0 Å². The third-order valence-electron chi connectivity index (χ3n) is 4.21. The number of likely N-dealkylation sites (N-methyl/N-ethyl adjacent to an activating group) is 1. The highest BCUT2D eigenvalue weighted by Gasteiger charge is 2.16. The molecule has 1 saturated heterocycles. The number of hydrogen-bond acceptors (Lipinski definition) is 3. The van der Waals surface area contributed by atoms with E-state index < -0.39 is 0 Å². The van der Waals surface area contributed by atoms with Gasteiger partial charge < -0.3 is 10.2 Å². The number of likely N-dealkylation sites (tertiary alicyclic amines) is 1. The van der Waals surface area contributed by atoms with Crippen molar-refractivity contribution in [3.05, 3.63) is 35.4 Å². The number of benzene rings is 1. The normalized spacial score (nSPS) is 19.4. The maximum atomic E-state index is 12.0. The van der Waals surface area contributed by atoms with E-state index in [4.69, 9.17) is 0 Å². The van der Waals surface area contributed by atoms with Crippen molar-refractivity contribution in [1.82, 2.24) is 15.1 Å². The Kier molecular flexibility index (Phi) is 6.40. The fourth-order valence-corrected chi connectivity index (χ4v) is 2.95. The summed E-state index contributed by atoms with van der Waals surface area (Å²) in [4.78, 5) is 16.6. The van der Waals surface area contributed by atoms with Gasteiger partial charge in [0.2, 0.25) is 0 Å². The van der Waals surface area contributed by atoms with E-state index >= 15 is 0 Å². The second-order valence-corrected chi connectivity index (χ2v) is 6.74. The quantitative estimate of drug-likeness (QED) is 0.875. The lowest BCUT2D eigenvalue weighted by Gasteiger charge is -2.30. The van der Waals surface area contributed by atoms with E-state index in [2.05, 4.69) is 34.2 Å². The fraction of sp³-hybridized carbons (Fsp3) is 0.611. The van der Waals surface area contributed by atoms with Crippen LogP contribution in [0.4, 0.5) is 0 Å². The van der Waals surface area contributed by atoms with E-state index in [9.17, 15) is 4.79 Å². The largest absolute Gasteiger partial charge is 0.351 e. The molecule has 0 aliphatic carbocycles. The molecule has 0 aromatic heterocycles. The van der Waals surface area contributed by atoms with Gasteiger partial charge in [0.25, 0.3) is 5.91 Å². The van der Waals surface area contributed by atoms with Gasteiger partial charge in [-0.25, -0.2) is 0 Å². The van der Waals surface area contributed by atoms with Gasteiger partial charge in [-0.1, -0.05) is 19.1 Å². The molecule has 1 aromatic rings. The summed E-state index contributed by atoms with van der Waals surface area (Å²) in [5.74, 6) is 0.815. The zero-order valence-corrected chi connectivity index (χ0v) is 14.1. The molecule has 1 N–H and O–H groups in total. The van der Waals surface area contributed by atoms with Crippen LogP contribution >= 0.6 is 0 Å². The molecule has 1 aromatic carbocycles. The van der Waals surface area contributed by atoms with E-state index in [1.54, 1.807) is 0 Å². The van der Waals surface area contributed by atoms with Gasteiger partial charge >= 0.3 is 0 Å². The lowest BCUT2D eigenvalue weighted by Crippen LogP contribution is -2.33. The molecule has 2 rings (SSSR count). The van der Waals surface area contributed by atoms with Crippen LogP contribution in [-0.2, 0) is 6.54 Å². The van der Waals surface area contributed by atoms with Gasteiger partial charge in [0, 0.05) is 31.7 Å². The minimum atomic E-state index is 0.0139. The molecule has 0 unspecified atom stereocenters. The Morgan fingerprint density at radius 2 is 2.05 bits per heavy atom. The summed E-state index contributed by atoms with van der Waals surface area (Å²) >= 11 is 0. The van der Waals surface area contributed by atoms with Crippen molar-refractivity contribution < 1.29 is 4.79 Å². The van der Waals surface area contributed by atoms with Crippen LogP contribution in [0.25, 0.3) is 0 Å². The smallest absolute Gasteiger partial charge is 0.251 e. The third kappa shape index (κ3) is 5.43. The van der Waals surface area contributed by atoms with Crippen molar-refractivity contribution >= 4 is 5.91 Å². The highest BCUT2D eigenvalue weighted by molar-refractivity contribution is 5.94. The topological polar surface area (TPSA) is 35.6 Å². The Morgan fingerprint density at radius 3 is 2.68 bits per heavy atom. The predicted octanol–water partition coefficient (Wildman–Crippen LogP) is 2.21. The van der Waals surface area contributed by atoms with Crippen molar-refractivity contribution in [2.75, 3.05) is 40.3 Å². The molecule has 22 heavy (non-hydrogen) atoms. The predicted molar refractivity (Wildman–Crippen MR) is 91.0 cm³/mol. The van der Waals surface area contributed by atoms with Crippen LogP contribution in [0.1, 0.15) is 35.7 Å². The average molecular weight is 303 g/mol. The highest BCUT2D eigenvalue weighted by Crippen LogP contribution is 2.18. The van der Waals surface area contributed by atoms with Gasteiger partial charge in [-0.3, -0.25) is 9.69 Å². The first kappa shape index (κ1) is 17.0. The van der Waals surface area contributed by atoms with Gasteiger partial charge in [0.1, 0.15) is 0 Å². The number of carbonyl (C=O) groups excluding carboxylic acids is 1. The zero-order chi connectivity index (χ0) is 15.9. The van der Waals surface area contributed by atoms with E-state index in [0.29, 0.717) is 6.54 Å². The van der Waals surface area contributed by atoms with Crippen LogP contribution in [0.2, 0.25) is 0 Å². The van der Waals surface area contributed by atoms with E-state index in [-0.39, 0.29) is 5.91 Å². The van der Waals surface area contributed by atoms with Crippen molar-refractivity contribution in [2.45, 2.75) is 26.3 Å². The number of carbonyl (C=O) groups is 1. The summed E-state index contributed by atoms with van der Waals surface area (Å²) in [5.41, 5.74) is 2.04. The second kappa shape index (κ2) is 8.30. The summed E-state index contributed by atoms with van der Waals surface area (Å²) in [6.07, 6.45) is 2.65. The van der Waals surface area contributed by atoms with Crippen LogP contribution in [0.5, 0.6) is 0 Å². The minimum absolute atomic E-state index is 0.0139. The average Bonchev–Trinajstić information content (AvgIpc) is 2.47. The SMILES string of the molecule is C[C@H]1CCCN(Cc2ccc(C(=O)NCCN(C)C)cc2)C1. The number of amides is 1. The molecule has 1 atom stereocenters. The number of piperidine rings is 1. The summed E-state index contributed by atoms with van der Waals surface area (Å²) < 4.78 is 0. The molecular weight excluding hydrogens is 274 g/mol. The molecule has 122 valence electrons. The lowest BCUT2D eigenvalue weighted by atomic mass is 9.99. The monoisotopic (exact) mass is 303 g/mol. The Labute approximate surface area is 134 Å². The molecule has 4 nitrogen and oxygen atoms in total. The Hall–Kier alpha value is -1.39. The summed E-state index contributed by atoms with van der Waals surface area (Å²) in [6, 6.07) is 8.04. The van der Waals surface area contributed by atoms with Gasteiger partial charge in [0.05, 0.1) is 0 Å². The first-order valence-electron chi connectivity index (χ1n) is 8.29. The lowest BCUT2D eigenvalue weighted by molar-refractivity contribution is 0.0951. The zero-order valence-electron chi connectivity index (χ0n) is 14.1. The Morgan fingerprint density at radius 1 is 1.32 bits per heavy atom. The minimum Gasteiger partial charge on any atom is -0.351 e. The fourth-order valence-electron chi connectivity index (χ4n) is 2.95. The molecule has 0 spiro atoms. The highest BCUT2D eigenvalue weighted by atomic mass is 16.1. The first-order valence-corrected chi connectivity index (χ1v) is 8.29. The van der Waals surface area contributed by atoms with Crippen LogP contribution in [0, 0.1) is 5.92 Å². The second-order valence-electron chi connectivity index (χ2n) is 6.74. The molecule has 1 aliphatic rings. The summed E-state index contributed by atoms with van der Waals surface area (Å²) in [7, 11) is 4.00. The molecule has 1 fully saturated rings. The molecule has 4 heteroatoms. The van der Waals surface area contributed by atoms with Crippen LogP contribution < -0.4 is 5.32 Å². The maximum absolute atomic E-state index is 12.0. The van der Waals surface area contributed by atoms with Gasteiger partial charge in [-0.05, 0) is 57.1 Å². The van der Waals surface area contributed by atoms with Crippen molar-refractivity contribution in [3.8, 4) is 0 Å². The maximum Gasteiger partial charge on any atom is 0.251 e.